The summed E-state index contributed by atoms with van der Waals surface area (Å²) in [6.45, 7) is 0.394. The highest BCUT2D eigenvalue weighted by Crippen LogP contribution is 2.21. The number of nitrogens with zero attached hydrogens (tertiary/aromatic N) is 2. The molecule has 3 aromatic rings. The number of nitrogens with one attached hydrogen (secondary N) is 1. The van der Waals surface area contributed by atoms with Crippen molar-refractivity contribution in [2.75, 3.05) is 5.32 Å². The Labute approximate surface area is 168 Å². The van der Waals surface area contributed by atoms with Crippen LogP contribution in [0.15, 0.2) is 66.9 Å². The maximum atomic E-state index is 12.4. The summed E-state index contributed by atoms with van der Waals surface area (Å²) in [4.78, 5) is 26.9. The molecule has 1 amide bonds. The molecule has 27 heavy (non-hydrogen) atoms. The Kier molecular flexibility index (Phi) is 5.97. The molecule has 0 aliphatic rings. The average molecular weight is 475 g/mol. The minimum absolute atomic E-state index is 0.136. The van der Waals surface area contributed by atoms with Crippen LogP contribution in [0.5, 0.6) is 5.88 Å². The first-order valence-electron chi connectivity index (χ1n) is 7.91. The topological polar surface area (TPSA) is 94.4 Å². The van der Waals surface area contributed by atoms with Gasteiger partial charge in [0.15, 0.2) is 0 Å². The predicted molar refractivity (Wildman–Crippen MR) is 109 cm³/mol. The summed E-state index contributed by atoms with van der Waals surface area (Å²) < 4.78 is 6.21. The van der Waals surface area contributed by atoms with Crippen molar-refractivity contribution in [1.29, 1.82) is 0 Å². The third-order valence-electron chi connectivity index (χ3n) is 3.63. The number of carbonyl (C=O) groups is 1. The quantitative estimate of drug-likeness (QED) is 0.324. The molecular formula is C19H14IN3O4. The molecule has 2 aromatic carbocycles. The molecular weight excluding hydrogens is 461 g/mol. The smallest absolute Gasteiger partial charge is 0.270 e. The number of hydrogen-bond acceptors (Lipinski definition) is 5. The lowest BCUT2D eigenvalue weighted by atomic mass is 10.2. The van der Waals surface area contributed by atoms with Gasteiger partial charge in [-0.2, -0.15) is 0 Å². The van der Waals surface area contributed by atoms with Crippen LogP contribution in [0, 0.1) is 13.7 Å². The summed E-state index contributed by atoms with van der Waals surface area (Å²) >= 11 is 1.96. The van der Waals surface area contributed by atoms with Crippen molar-refractivity contribution in [3.8, 4) is 5.88 Å². The summed E-state index contributed by atoms with van der Waals surface area (Å²) in [7, 11) is 0. The van der Waals surface area contributed by atoms with E-state index in [1.165, 1.54) is 24.4 Å². The molecule has 0 saturated carbocycles. The fraction of sp³-hybridized carbons (Fsp3) is 0.0526. The van der Waals surface area contributed by atoms with E-state index in [1.807, 2.05) is 52.9 Å². The molecule has 1 aromatic heterocycles. The summed E-state index contributed by atoms with van der Waals surface area (Å²) in [5.74, 6) is -0.00960. The number of rotatable bonds is 6. The van der Waals surface area contributed by atoms with Crippen molar-refractivity contribution in [2.45, 2.75) is 6.61 Å². The maximum absolute atomic E-state index is 12.4. The van der Waals surface area contributed by atoms with Gasteiger partial charge in [0.1, 0.15) is 6.61 Å². The Morgan fingerprint density at radius 1 is 1.15 bits per heavy atom. The van der Waals surface area contributed by atoms with Crippen molar-refractivity contribution in [3.05, 3.63) is 91.7 Å². The molecule has 3 rings (SSSR count). The number of ether oxygens (including phenoxy) is 1. The molecule has 7 nitrogen and oxygen atoms in total. The Balaban J connectivity index is 1.65. The molecule has 0 fully saturated rings. The zero-order chi connectivity index (χ0) is 19.2. The van der Waals surface area contributed by atoms with Gasteiger partial charge in [-0.3, -0.25) is 14.9 Å². The van der Waals surface area contributed by atoms with Crippen LogP contribution in [0.25, 0.3) is 0 Å². The van der Waals surface area contributed by atoms with Crippen LogP contribution in [-0.4, -0.2) is 15.8 Å². The number of carbonyl (C=O) groups excluding carboxylic acids is 1. The normalized spacial score (nSPS) is 10.3. The standard InChI is InChI=1S/C19H14IN3O4/c20-17-8-7-15(23(25)26)10-16(17)19(24)22-14-6-9-18(21-11-14)27-12-13-4-2-1-3-5-13/h1-11H,12H2,(H,22,24). The predicted octanol–water partition coefficient (Wildman–Crippen LogP) is 4.43. The maximum Gasteiger partial charge on any atom is 0.270 e. The Morgan fingerprint density at radius 3 is 2.59 bits per heavy atom. The zero-order valence-corrected chi connectivity index (χ0v) is 16.1. The van der Waals surface area contributed by atoms with E-state index in [1.54, 1.807) is 12.1 Å². The van der Waals surface area contributed by atoms with Crippen LogP contribution >= 0.6 is 22.6 Å². The molecule has 1 heterocycles. The van der Waals surface area contributed by atoms with E-state index in [-0.39, 0.29) is 11.3 Å². The number of halogens is 1. The molecule has 1 N–H and O–H groups in total. The summed E-state index contributed by atoms with van der Waals surface area (Å²) in [5.41, 5.74) is 1.59. The lowest BCUT2D eigenvalue weighted by Gasteiger charge is -2.08. The Hall–Kier alpha value is -3.01. The van der Waals surface area contributed by atoms with Gasteiger partial charge < -0.3 is 10.1 Å². The SMILES string of the molecule is O=C(Nc1ccc(OCc2ccccc2)nc1)c1cc([N+](=O)[O-])ccc1I. The second kappa shape index (κ2) is 8.58. The van der Waals surface area contributed by atoms with Crippen LogP contribution in [0.2, 0.25) is 0 Å². The van der Waals surface area contributed by atoms with Crippen molar-refractivity contribution in [2.24, 2.45) is 0 Å². The van der Waals surface area contributed by atoms with E-state index in [0.717, 1.165) is 5.56 Å². The highest BCUT2D eigenvalue weighted by molar-refractivity contribution is 14.1. The van der Waals surface area contributed by atoms with Crippen LogP contribution in [0.3, 0.4) is 0 Å². The van der Waals surface area contributed by atoms with Gasteiger partial charge in [0.2, 0.25) is 5.88 Å². The Morgan fingerprint density at radius 2 is 1.93 bits per heavy atom. The van der Waals surface area contributed by atoms with Crippen molar-refractivity contribution >= 4 is 39.9 Å². The van der Waals surface area contributed by atoms with Crippen molar-refractivity contribution in [3.63, 3.8) is 0 Å². The summed E-state index contributed by atoms with van der Waals surface area (Å²) in [6.07, 6.45) is 1.47. The molecule has 136 valence electrons. The fourth-order valence-corrected chi connectivity index (χ4v) is 2.85. The lowest BCUT2D eigenvalue weighted by molar-refractivity contribution is -0.384. The first-order chi connectivity index (χ1) is 13.0. The minimum Gasteiger partial charge on any atom is -0.473 e. The van der Waals surface area contributed by atoms with E-state index < -0.39 is 10.8 Å². The molecule has 0 spiro atoms. The molecule has 0 bridgehead atoms. The molecule has 0 unspecified atom stereocenters. The number of benzene rings is 2. The third kappa shape index (κ3) is 5.00. The van der Waals surface area contributed by atoms with Crippen molar-refractivity contribution < 1.29 is 14.5 Å². The molecule has 0 saturated heterocycles. The van der Waals surface area contributed by atoms with Crippen LogP contribution in [-0.2, 0) is 6.61 Å². The Bertz CT molecular complexity index is 962. The molecule has 0 aliphatic carbocycles. The highest BCUT2D eigenvalue weighted by Gasteiger charge is 2.15. The average Bonchev–Trinajstić information content (AvgIpc) is 2.68. The van der Waals surface area contributed by atoms with Crippen molar-refractivity contribution in [1.82, 2.24) is 4.98 Å². The van der Waals surface area contributed by atoms with Crippen LogP contribution in [0.4, 0.5) is 11.4 Å². The number of amides is 1. The van der Waals surface area contributed by atoms with Crippen LogP contribution < -0.4 is 10.1 Å². The van der Waals surface area contributed by atoms with Gasteiger partial charge in [0.25, 0.3) is 11.6 Å². The number of aromatic nitrogens is 1. The van der Waals surface area contributed by atoms with Gasteiger partial charge in [-0.1, -0.05) is 30.3 Å². The summed E-state index contributed by atoms with van der Waals surface area (Å²) in [5, 5.41) is 13.6. The minimum atomic E-state index is -0.534. The van der Waals surface area contributed by atoms with E-state index in [2.05, 4.69) is 10.3 Å². The first kappa shape index (κ1) is 18.8. The number of non-ortho nitro benzene ring substituents is 1. The fourth-order valence-electron chi connectivity index (χ4n) is 2.27. The highest BCUT2D eigenvalue weighted by atomic mass is 127. The van der Waals surface area contributed by atoms with Gasteiger partial charge in [0, 0.05) is 21.8 Å². The zero-order valence-electron chi connectivity index (χ0n) is 14.0. The van der Waals surface area contributed by atoms with E-state index in [0.29, 0.717) is 21.7 Å². The number of nitro benzene ring substituents is 1. The molecule has 0 aliphatic heterocycles. The first-order valence-corrected chi connectivity index (χ1v) is 8.99. The van der Waals surface area contributed by atoms with Gasteiger partial charge in [-0.15, -0.1) is 0 Å². The number of anilines is 1. The monoisotopic (exact) mass is 475 g/mol. The third-order valence-corrected chi connectivity index (χ3v) is 4.57. The van der Waals surface area contributed by atoms with E-state index in [9.17, 15) is 14.9 Å². The van der Waals surface area contributed by atoms with Gasteiger partial charge >= 0.3 is 0 Å². The number of hydrogen-bond donors (Lipinski definition) is 1. The molecule has 0 atom stereocenters. The molecule has 8 heteroatoms. The van der Waals surface area contributed by atoms with Gasteiger partial charge in [-0.05, 0) is 40.3 Å². The largest absolute Gasteiger partial charge is 0.473 e. The number of nitro groups is 1. The van der Waals surface area contributed by atoms with E-state index >= 15 is 0 Å². The van der Waals surface area contributed by atoms with Gasteiger partial charge in [-0.25, -0.2) is 4.98 Å². The second-order valence-corrected chi connectivity index (χ2v) is 6.70. The summed E-state index contributed by atoms with van der Waals surface area (Å²) in [6, 6.07) is 17.2. The number of pyridine rings is 1. The van der Waals surface area contributed by atoms with E-state index in [4.69, 9.17) is 4.74 Å². The lowest BCUT2D eigenvalue weighted by Crippen LogP contribution is -2.14. The molecule has 0 radical (unpaired) electrons. The van der Waals surface area contributed by atoms with Crippen LogP contribution in [0.1, 0.15) is 15.9 Å². The van der Waals surface area contributed by atoms with Gasteiger partial charge in [0.05, 0.1) is 22.4 Å². The second-order valence-electron chi connectivity index (χ2n) is 5.53.